The predicted molar refractivity (Wildman–Crippen MR) is 54.5 cm³/mol. The molecule has 1 unspecified atom stereocenters. The molecule has 0 bridgehead atoms. The number of halogens is 1. The molecule has 1 fully saturated rings. The van der Waals surface area contributed by atoms with Crippen molar-refractivity contribution < 1.29 is 9.18 Å². The van der Waals surface area contributed by atoms with Gasteiger partial charge in [-0.3, -0.25) is 4.79 Å². The van der Waals surface area contributed by atoms with Gasteiger partial charge >= 0.3 is 0 Å². The van der Waals surface area contributed by atoms with E-state index in [1.165, 1.54) is 0 Å². The van der Waals surface area contributed by atoms with Crippen molar-refractivity contribution in [3.8, 4) is 0 Å². The van der Waals surface area contributed by atoms with E-state index in [0.717, 1.165) is 38.5 Å². The lowest BCUT2D eigenvalue weighted by Crippen LogP contribution is -2.48. The minimum absolute atomic E-state index is 0.100. The summed E-state index contributed by atoms with van der Waals surface area (Å²) in [7, 11) is 0. The summed E-state index contributed by atoms with van der Waals surface area (Å²) in [5.41, 5.74) is 3.43. The monoisotopic (exact) mass is 201 g/mol. The first-order chi connectivity index (χ1) is 6.61. The second-order valence-electron chi connectivity index (χ2n) is 4.31. The normalized spacial score (nSPS) is 21.3. The Morgan fingerprint density at radius 3 is 2.50 bits per heavy atom. The molecular formula is C11H20FNO. The number of primary amides is 1. The van der Waals surface area contributed by atoms with E-state index in [4.69, 9.17) is 5.73 Å². The van der Waals surface area contributed by atoms with Gasteiger partial charge in [0.15, 0.2) is 5.67 Å². The highest BCUT2D eigenvalue weighted by molar-refractivity contribution is 5.83. The third-order valence-corrected chi connectivity index (χ3v) is 3.31. The molecule has 0 aromatic heterocycles. The SMILES string of the molecule is CCCCCC(F)(C(N)=O)C1CCC1. The third-order valence-electron chi connectivity index (χ3n) is 3.31. The maximum Gasteiger partial charge on any atom is 0.255 e. The summed E-state index contributed by atoms with van der Waals surface area (Å²) in [5.74, 6) is -0.852. The largest absolute Gasteiger partial charge is 0.367 e. The maximum atomic E-state index is 14.2. The van der Waals surface area contributed by atoms with E-state index in [-0.39, 0.29) is 5.92 Å². The number of amides is 1. The number of carbonyl (C=O) groups is 1. The van der Waals surface area contributed by atoms with Crippen LogP contribution in [-0.4, -0.2) is 11.6 Å². The van der Waals surface area contributed by atoms with Crippen LogP contribution in [0.25, 0.3) is 0 Å². The fourth-order valence-electron chi connectivity index (χ4n) is 2.03. The highest BCUT2D eigenvalue weighted by Crippen LogP contribution is 2.41. The molecule has 1 aliphatic rings. The van der Waals surface area contributed by atoms with Crippen molar-refractivity contribution >= 4 is 5.91 Å². The first kappa shape index (κ1) is 11.5. The molecule has 82 valence electrons. The predicted octanol–water partition coefficient (Wildman–Crippen LogP) is 2.56. The molecule has 1 atom stereocenters. The van der Waals surface area contributed by atoms with E-state index in [2.05, 4.69) is 6.92 Å². The van der Waals surface area contributed by atoms with Crippen LogP contribution in [0.4, 0.5) is 4.39 Å². The highest BCUT2D eigenvalue weighted by atomic mass is 19.1. The van der Waals surface area contributed by atoms with Crippen LogP contribution in [-0.2, 0) is 4.79 Å². The van der Waals surface area contributed by atoms with Gasteiger partial charge in [0.2, 0.25) is 0 Å². The molecule has 0 aliphatic heterocycles. The number of unbranched alkanes of at least 4 members (excludes halogenated alkanes) is 2. The van der Waals surface area contributed by atoms with E-state index in [1.807, 2.05) is 0 Å². The second kappa shape index (κ2) is 4.76. The lowest BCUT2D eigenvalue weighted by atomic mass is 9.71. The molecule has 1 rings (SSSR count). The van der Waals surface area contributed by atoms with Crippen LogP contribution in [0, 0.1) is 5.92 Å². The van der Waals surface area contributed by atoms with E-state index in [1.54, 1.807) is 0 Å². The summed E-state index contributed by atoms with van der Waals surface area (Å²) >= 11 is 0. The molecule has 2 N–H and O–H groups in total. The number of hydrogen-bond donors (Lipinski definition) is 1. The van der Waals surface area contributed by atoms with Gasteiger partial charge in [-0.1, -0.05) is 26.2 Å². The van der Waals surface area contributed by atoms with Crippen LogP contribution in [0.15, 0.2) is 0 Å². The molecule has 0 heterocycles. The summed E-state index contributed by atoms with van der Waals surface area (Å²) in [5, 5.41) is 0. The lowest BCUT2D eigenvalue weighted by Gasteiger charge is -2.37. The van der Waals surface area contributed by atoms with Crippen molar-refractivity contribution in [2.45, 2.75) is 57.5 Å². The Hall–Kier alpha value is -0.600. The van der Waals surface area contributed by atoms with Crippen LogP contribution in [0.1, 0.15) is 51.9 Å². The van der Waals surface area contributed by atoms with Gasteiger partial charge in [0.05, 0.1) is 0 Å². The van der Waals surface area contributed by atoms with Gasteiger partial charge in [-0.25, -0.2) is 4.39 Å². The third kappa shape index (κ3) is 2.25. The maximum absolute atomic E-state index is 14.2. The minimum Gasteiger partial charge on any atom is -0.367 e. The number of alkyl halides is 1. The smallest absolute Gasteiger partial charge is 0.255 e. The molecule has 1 saturated carbocycles. The van der Waals surface area contributed by atoms with Gasteiger partial charge in [-0.05, 0) is 25.7 Å². The van der Waals surface area contributed by atoms with Gasteiger partial charge in [-0.15, -0.1) is 0 Å². The number of nitrogens with two attached hydrogens (primary N) is 1. The zero-order chi connectivity index (χ0) is 10.6. The van der Waals surface area contributed by atoms with Crippen LogP contribution < -0.4 is 5.73 Å². The van der Waals surface area contributed by atoms with Crippen LogP contribution in [0.3, 0.4) is 0 Å². The number of carbonyl (C=O) groups excluding carboxylic acids is 1. The zero-order valence-corrected chi connectivity index (χ0v) is 8.89. The highest BCUT2D eigenvalue weighted by Gasteiger charge is 2.46. The molecule has 1 aliphatic carbocycles. The molecule has 14 heavy (non-hydrogen) atoms. The first-order valence-corrected chi connectivity index (χ1v) is 5.60. The van der Waals surface area contributed by atoms with Crippen molar-refractivity contribution in [2.75, 3.05) is 0 Å². The topological polar surface area (TPSA) is 43.1 Å². The van der Waals surface area contributed by atoms with E-state index < -0.39 is 11.6 Å². The minimum atomic E-state index is -1.71. The van der Waals surface area contributed by atoms with Gasteiger partial charge in [-0.2, -0.15) is 0 Å². The average Bonchev–Trinajstić information content (AvgIpc) is 2.01. The fraction of sp³-hybridized carbons (Fsp3) is 0.909. The molecule has 0 saturated heterocycles. The van der Waals surface area contributed by atoms with Gasteiger partial charge in [0.1, 0.15) is 0 Å². The van der Waals surface area contributed by atoms with E-state index >= 15 is 0 Å². The van der Waals surface area contributed by atoms with Crippen LogP contribution >= 0.6 is 0 Å². The van der Waals surface area contributed by atoms with E-state index in [9.17, 15) is 9.18 Å². The summed E-state index contributed by atoms with van der Waals surface area (Å²) in [6, 6.07) is 0. The van der Waals surface area contributed by atoms with Crippen molar-refractivity contribution in [3.05, 3.63) is 0 Å². The van der Waals surface area contributed by atoms with Crippen molar-refractivity contribution in [2.24, 2.45) is 11.7 Å². The summed E-state index contributed by atoms with van der Waals surface area (Å²) < 4.78 is 14.2. The van der Waals surface area contributed by atoms with E-state index in [0.29, 0.717) is 6.42 Å². The van der Waals surface area contributed by atoms with Gasteiger partial charge in [0.25, 0.3) is 5.91 Å². The summed E-state index contributed by atoms with van der Waals surface area (Å²) in [6.07, 6.45) is 5.80. The number of hydrogen-bond acceptors (Lipinski definition) is 1. The molecule has 2 nitrogen and oxygen atoms in total. The van der Waals surface area contributed by atoms with Crippen LogP contribution in [0.5, 0.6) is 0 Å². The van der Waals surface area contributed by atoms with Gasteiger partial charge < -0.3 is 5.73 Å². The molecule has 0 aromatic carbocycles. The second-order valence-corrected chi connectivity index (χ2v) is 4.31. The quantitative estimate of drug-likeness (QED) is 0.659. The Kier molecular flexibility index (Phi) is 3.90. The molecule has 3 heteroatoms. The van der Waals surface area contributed by atoms with Crippen LogP contribution in [0.2, 0.25) is 0 Å². The summed E-state index contributed by atoms with van der Waals surface area (Å²) in [4.78, 5) is 11.1. The Morgan fingerprint density at radius 1 is 1.50 bits per heavy atom. The summed E-state index contributed by atoms with van der Waals surface area (Å²) in [6.45, 7) is 2.06. The Balaban J connectivity index is 2.47. The Morgan fingerprint density at radius 2 is 2.14 bits per heavy atom. The van der Waals surface area contributed by atoms with Gasteiger partial charge in [0, 0.05) is 5.92 Å². The van der Waals surface area contributed by atoms with Crippen molar-refractivity contribution in [1.29, 1.82) is 0 Å². The Labute approximate surface area is 85.0 Å². The molecule has 1 amide bonds. The Bertz CT molecular complexity index is 203. The van der Waals surface area contributed by atoms with Crippen molar-refractivity contribution in [3.63, 3.8) is 0 Å². The average molecular weight is 201 g/mol. The first-order valence-electron chi connectivity index (χ1n) is 5.60. The standard InChI is InChI=1S/C11H20FNO/c1-2-3-4-8-11(12,10(13)14)9-6-5-7-9/h9H,2-8H2,1H3,(H2,13,14). The van der Waals surface area contributed by atoms with Crippen molar-refractivity contribution in [1.82, 2.24) is 0 Å². The molecule has 0 spiro atoms. The zero-order valence-electron chi connectivity index (χ0n) is 8.89. The number of rotatable bonds is 6. The molecular weight excluding hydrogens is 181 g/mol. The molecule has 0 aromatic rings. The lowest BCUT2D eigenvalue weighted by molar-refractivity contribution is -0.136. The fourth-order valence-corrected chi connectivity index (χ4v) is 2.03. The molecule has 0 radical (unpaired) electrons.